The van der Waals surface area contributed by atoms with Gasteiger partial charge in [-0.3, -0.25) is 4.79 Å². The van der Waals surface area contributed by atoms with Crippen molar-refractivity contribution in [2.24, 2.45) is 5.92 Å². The SMILES string of the molecule is N#Cc1nc(-c2ccco2)oc1N1CCC(C(=O)Nc2ccc3oc(C4CC4)nc3c2)CC1. The minimum absolute atomic E-state index is 0.0192. The van der Waals surface area contributed by atoms with E-state index in [1.165, 1.54) is 6.26 Å². The molecule has 2 aliphatic rings. The number of carbonyl (C=O) groups excluding carboxylic acids is 1. The summed E-state index contributed by atoms with van der Waals surface area (Å²) in [6, 6.07) is 11.1. The molecule has 0 atom stereocenters. The Labute approximate surface area is 189 Å². The Morgan fingerprint density at radius 3 is 2.70 bits per heavy atom. The minimum atomic E-state index is -0.130. The minimum Gasteiger partial charge on any atom is -0.459 e. The smallest absolute Gasteiger partial charge is 0.266 e. The molecule has 3 aromatic heterocycles. The molecule has 166 valence electrons. The van der Waals surface area contributed by atoms with Crippen molar-refractivity contribution in [2.45, 2.75) is 31.6 Å². The fourth-order valence-corrected chi connectivity index (χ4v) is 4.22. The fraction of sp³-hybridized carbons (Fsp3) is 0.333. The lowest BCUT2D eigenvalue weighted by molar-refractivity contribution is -0.120. The van der Waals surface area contributed by atoms with Gasteiger partial charge in [0.2, 0.25) is 17.5 Å². The van der Waals surface area contributed by atoms with Crippen LogP contribution in [0, 0.1) is 17.2 Å². The molecule has 0 radical (unpaired) electrons. The second kappa shape index (κ2) is 7.81. The van der Waals surface area contributed by atoms with Crippen LogP contribution in [0.2, 0.25) is 0 Å². The van der Waals surface area contributed by atoms with E-state index in [1.807, 2.05) is 23.1 Å². The summed E-state index contributed by atoms with van der Waals surface area (Å²) in [5, 5.41) is 12.5. The van der Waals surface area contributed by atoms with Crippen LogP contribution in [-0.2, 0) is 4.79 Å². The van der Waals surface area contributed by atoms with Gasteiger partial charge in [0.05, 0.1) is 6.26 Å². The highest BCUT2D eigenvalue weighted by Gasteiger charge is 2.30. The maximum absolute atomic E-state index is 12.9. The number of hydrogen-bond acceptors (Lipinski definition) is 8. The van der Waals surface area contributed by atoms with Crippen LogP contribution in [0.5, 0.6) is 0 Å². The van der Waals surface area contributed by atoms with Crippen LogP contribution in [0.25, 0.3) is 22.8 Å². The van der Waals surface area contributed by atoms with Gasteiger partial charge in [-0.25, -0.2) is 4.98 Å². The van der Waals surface area contributed by atoms with Gasteiger partial charge in [-0.2, -0.15) is 10.2 Å². The highest BCUT2D eigenvalue weighted by atomic mass is 16.4. The van der Waals surface area contributed by atoms with Crippen molar-refractivity contribution in [3.63, 3.8) is 0 Å². The first kappa shape index (κ1) is 19.6. The van der Waals surface area contributed by atoms with Crippen LogP contribution >= 0.6 is 0 Å². The van der Waals surface area contributed by atoms with Crippen LogP contribution in [0.3, 0.4) is 0 Å². The molecule has 1 amide bonds. The largest absolute Gasteiger partial charge is 0.459 e. The molecule has 1 saturated carbocycles. The summed E-state index contributed by atoms with van der Waals surface area (Å²) in [7, 11) is 0. The Morgan fingerprint density at radius 2 is 1.97 bits per heavy atom. The van der Waals surface area contributed by atoms with Crippen LogP contribution in [0.4, 0.5) is 11.6 Å². The molecule has 33 heavy (non-hydrogen) atoms. The number of aromatic nitrogens is 2. The average molecular weight is 443 g/mol. The molecule has 0 unspecified atom stereocenters. The van der Waals surface area contributed by atoms with E-state index in [9.17, 15) is 10.1 Å². The molecule has 1 N–H and O–H groups in total. The van der Waals surface area contributed by atoms with Crippen LogP contribution < -0.4 is 10.2 Å². The number of hydrogen-bond donors (Lipinski definition) is 1. The number of anilines is 2. The Morgan fingerprint density at radius 1 is 1.12 bits per heavy atom. The summed E-state index contributed by atoms with van der Waals surface area (Å²) < 4.78 is 16.9. The van der Waals surface area contributed by atoms with Gasteiger partial charge in [0.25, 0.3) is 5.89 Å². The lowest BCUT2D eigenvalue weighted by atomic mass is 9.96. The number of fused-ring (bicyclic) bond motifs is 1. The van der Waals surface area contributed by atoms with E-state index in [0.717, 1.165) is 35.5 Å². The highest BCUT2D eigenvalue weighted by Crippen LogP contribution is 2.40. The van der Waals surface area contributed by atoms with Crippen molar-refractivity contribution >= 4 is 28.6 Å². The number of nitrogens with one attached hydrogen (secondary N) is 1. The number of piperidine rings is 1. The number of nitrogens with zero attached hydrogens (tertiary/aromatic N) is 4. The molecule has 4 heterocycles. The zero-order valence-corrected chi connectivity index (χ0v) is 17.8. The van der Waals surface area contributed by atoms with Gasteiger partial charge >= 0.3 is 0 Å². The normalized spacial score (nSPS) is 16.8. The zero-order chi connectivity index (χ0) is 22.4. The number of furan rings is 1. The maximum Gasteiger partial charge on any atom is 0.266 e. The summed E-state index contributed by atoms with van der Waals surface area (Å²) in [6.45, 7) is 1.18. The average Bonchev–Trinajstić information content (AvgIpc) is 3.23. The van der Waals surface area contributed by atoms with Crippen molar-refractivity contribution in [1.29, 1.82) is 5.26 Å². The van der Waals surface area contributed by atoms with Crippen molar-refractivity contribution in [3.05, 3.63) is 48.2 Å². The quantitative estimate of drug-likeness (QED) is 0.472. The van der Waals surface area contributed by atoms with Crippen LogP contribution in [0.1, 0.15) is 43.2 Å². The Bertz CT molecular complexity index is 1350. The van der Waals surface area contributed by atoms with Crippen molar-refractivity contribution in [2.75, 3.05) is 23.3 Å². The summed E-state index contributed by atoms with van der Waals surface area (Å²) in [5.41, 5.74) is 2.45. The van der Waals surface area contributed by atoms with E-state index in [4.69, 9.17) is 13.3 Å². The van der Waals surface area contributed by atoms with E-state index in [0.29, 0.717) is 43.5 Å². The molecule has 6 rings (SSSR count). The Balaban J connectivity index is 1.11. The van der Waals surface area contributed by atoms with E-state index in [2.05, 4.69) is 21.4 Å². The van der Waals surface area contributed by atoms with Gasteiger partial charge in [-0.1, -0.05) is 0 Å². The summed E-state index contributed by atoms with van der Waals surface area (Å²) in [5.74, 6) is 2.26. The maximum atomic E-state index is 12.9. The number of carbonyl (C=O) groups is 1. The Hall–Kier alpha value is -4.06. The van der Waals surface area contributed by atoms with Gasteiger partial charge in [0.1, 0.15) is 11.6 Å². The van der Waals surface area contributed by atoms with Gasteiger partial charge < -0.3 is 23.5 Å². The second-order valence-electron chi connectivity index (χ2n) is 8.52. The third kappa shape index (κ3) is 3.74. The fourth-order valence-electron chi connectivity index (χ4n) is 4.22. The van der Waals surface area contributed by atoms with Crippen LogP contribution in [-0.4, -0.2) is 29.0 Å². The molecular formula is C24H21N5O4. The number of rotatable bonds is 5. The van der Waals surface area contributed by atoms with E-state index >= 15 is 0 Å². The monoisotopic (exact) mass is 443 g/mol. The standard InChI is InChI=1S/C24H21N5O4/c25-13-18-24(33-23(28-18)20-2-1-11-31-20)29-9-7-14(8-10-29)21(30)26-16-5-6-19-17(12-16)27-22(32-19)15-3-4-15/h1-2,5-6,11-12,14-15H,3-4,7-10H2,(H,26,30). The predicted molar refractivity (Wildman–Crippen MR) is 118 cm³/mol. The molecule has 4 aromatic rings. The second-order valence-corrected chi connectivity index (χ2v) is 8.52. The van der Waals surface area contributed by atoms with Crippen LogP contribution in [0.15, 0.2) is 49.8 Å². The first-order chi connectivity index (χ1) is 16.2. The molecule has 1 saturated heterocycles. The van der Waals surface area contributed by atoms with Gasteiger partial charge in [0, 0.05) is 30.6 Å². The summed E-state index contributed by atoms with van der Waals surface area (Å²) in [6.07, 6.45) is 5.07. The lowest BCUT2D eigenvalue weighted by Crippen LogP contribution is -2.38. The number of benzene rings is 1. The van der Waals surface area contributed by atoms with E-state index in [1.54, 1.807) is 12.1 Å². The van der Waals surface area contributed by atoms with Crippen molar-refractivity contribution in [3.8, 4) is 17.7 Å². The first-order valence-electron chi connectivity index (χ1n) is 11.1. The Kier molecular flexibility index (Phi) is 4.64. The highest BCUT2D eigenvalue weighted by molar-refractivity contribution is 5.94. The molecule has 1 aromatic carbocycles. The molecule has 0 bridgehead atoms. The predicted octanol–water partition coefficient (Wildman–Crippen LogP) is 4.68. The topological polar surface area (TPSA) is 121 Å². The molecular weight excluding hydrogens is 422 g/mol. The summed E-state index contributed by atoms with van der Waals surface area (Å²) in [4.78, 5) is 23.6. The number of oxazole rings is 2. The summed E-state index contributed by atoms with van der Waals surface area (Å²) >= 11 is 0. The van der Waals surface area contributed by atoms with Gasteiger partial charge in [-0.05, 0) is 56.0 Å². The van der Waals surface area contributed by atoms with Crippen molar-refractivity contribution in [1.82, 2.24) is 9.97 Å². The lowest BCUT2D eigenvalue weighted by Gasteiger charge is -2.30. The molecule has 9 nitrogen and oxygen atoms in total. The molecule has 1 aliphatic carbocycles. The molecule has 2 fully saturated rings. The molecule has 1 aliphatic heterocycles. The number of amides is 1. The third-order valence-corrected chi connectivity index (χ3v) is 6.20. The molecule has 9 heteroatoms. The zero-order valence-electron chi connectivity index (χ0n) is 17.8. The van der Waals surface area contributed by atoms with Gasteiger partial charge in [0.15, 0.2) is 17.2 Å². The molecule has 0 spiro atoms. The van der Waals surface area contributed by atoms with E-state index < -0.39 is 0 Å². The van der Waals surface area contributed by atoms with Gasteiger partial charge in [-0.15, -0.1) is 0 Å². The third-order valence-electron chi connectivity index (χ3n) is 6.20. The number of nitriles is 1. The first-order valence-corrected chi connectivity index (χ1v) is 11.1. The van der Waals surface area contributed by atoms with Crippen molar-refractivity contribution < 1.29 is 18.0 Å². The van der Waals surface area contributed by atoms with E-state index in [-0.39, 0.29) is 23.4 Å².